The summed E-state index contributed by atoms with van der Waals surface area (Å²) < 4.78 is 31.2. The van der Waals surface area contributed by atoms with Crippen LogP contribution in [-0.2, 0) is 11.2 Å². The Morgan fingerprint density at radius 2 is 2.20 bits per heavy atom. The number of hydrogen-bond acceptors (Lipinski definition) is 2. The van der Waals surface area contributed by atoms with E-state index < -0.39 is 17.2 Å². The summed E-state index contributed by atoms with van der Waals surface area (Å²) in [5, 5.41) is 9.95. The van der Waals surface area contributed by atoms with E-state index in [2.05, 4.69) is 0 Å². The van der Waals surface area contributed by atoms with Crippen molar-refractivity contribution in [3.05, 3.63) is 35.4 Å². The molecule has 82 valence electrons. The molecule has 1 unspecified atom stereocenters. The number of halogens is 2. The number of benzene rings is 1. The van der Waals surface area contributed by atoms with Gasteiger partial charge in [-0.2, -0.15) is 0 Å². The Labute approximate surface area is 86.5 Å². The highest BCUT2D eigenvalue weighted by Crippen LogP contribution is 2.25. The highest BCUT2D eigenvalue weighted by molar-refractivity contribution is 5.21. The summed E-state index contributed by atoms with van der Waals surface area (Å²) in [5.41, 5.74) is -0.850. The van der Waals surface area contributed by atoms with Gasteiger partial charge in [0.25, 0.3) is 0 Å². The summed E-state index contributed by atoms with van der Waals surface area (Å²) in [5.74, 6) is -1.76. The second-order valence-electron chi connectivity index (χ2n) is 3.92. The molecule has 15 heavy (non-hydrogen) atoms. The Hall–Kier alpha value is -1.00. The Morgan fingerprint density at radius 1 is 1.40 bits per heavy atom. The van der Waals surface area contributed by atoms with E-state index >= 15 is 0 Å². The minimum absolute atomic E-state index is 0.0938. The molecule has 1 aliphatic rings. The third-order valence-corrected chi connectivity index (χ3v) is 2.63. The van der Waals surface area contributed by atoms with Gasteiger partial charge in [-0.05, 0) is 11.6 Å². The molecule has 4 heteroatoms. The first-order chi connectivity index (χ1) is 7.11. The predicted molar refractivity (Wildman–Crippen MR) is 50.4 cm³/mol. The van der Waals surface area contributed by atoms with E-state index in [1.54, 1.807) is 0 Å². The molecule has 1 heterocycles. The van der Waals surface area contributed by atoms with Gasteiger partial charge >= 0.3 is 0 Å². The van der Waals surface area contributed by atoms with Crippen LogP contribution in [0.3, 0.4) is 0 Å². The first kappa shape index (κ1) is 10.5. The lowest BCUT2D eigenvalue weighted by Crippen LogP contribution is -2.32. The van der Waals surface area contributed by atoms with Crippen LogP contribution >= 0.6 is 0 Å². The number of aliphatic hydroxyl groups is 1. The summed E-state index contributed by atoms with van der Waals surface area (Å²) in [6.07, 6.45) is 0.555. The molecular weight excluding hydrogens is 202 g/mol. The molecule has 2 rings (SSSR count). The summed E-state index contributed by atoms with van der Waals surface area (Å²) in [7, 11) is 0. The fourth-order valence-corrected chi connectivity index (χ4v) is 1.78. The van der Waals surface area contributed by atoms with Crippen LogP contribution in [0.15, 0.2) is 18.2 Å². The quantitative estimate of drug-likeness (QED) is 0.811. The molecule has 0 aliphatic carbocycles. The van der Waals surface area contributed by atoms with Crippen LogP contribution < -0.4 is 0 Å². The van der Waals surface area contributed by atoms with E-state index in [0.29, 0.717) is 13.0 Å². The smallest absolute Gasteiger partial charge is 0.162 e. The Balaban J connectivity index is 2.20. The van der Waals surface area contributed by atoms with E-state index in [1.165, 1.54) is 12.1 Å². The van der Waals surface area contributed by atoms with Gasteiger partial charge in [0, 0.05) is 19.4 Å². The molecule has 0 spiro atoms. The van der Waals surface area contributed by atoms with Gasteiger partial charge in [0.1, 0.15) is 0 Å². The molecule has 0 aromatic heterocycles. The normalized spacial score (nSPS) is 25.8. The van der Waals surface area contributed by atoms with Crippen molar-refractivity contribution < 1.29 is 18.6 Å². The van der Waals surface area contributed by atoms with Crippen molar-refractivity contribution in [3.63, 3.8) is 0 Å². The molecule has 1 aromatic carbocycles. The number of rotatable bonds is 2. The van der Waals surface area contributed by atoms with Crippen molar-refractivity contribution in [2.45, 2.75) is 18.4 Å². The van der Waals surface area contributed by atoms with Gasteiger partial charge in [0.2, 0.25) is 0 Å². The third-order valence-electron chi connectivity index (χ3n) is 2.63. The topological polar surface area (TPSA) is 29.5 Å². The standard InChI is InChI=1S/C11H12F2O2/c12-9-3-1-2-8(10(9)13)6-11(14)4-5-15-7-11/h1-3,14H,4-7H2. The van der Waals surface area contributed by atoms with Gasteiger partial charge in [-0.25, -0.2) is 8.78 Å². The molecule has 1 N–H and O–H groups in total. The van der Waals surface area contributed by atoms with Crippen LogP contribution in [0.4, 0.5) is 8.78 Å². The van der Waals surface area contributed by atoms with Crippen LogP contribution in [0.1, 0.15) is 12.0 Å². The minimum Gasteiger partial charge on any atom is -0.387 e. The van der Waals surface area contributed by atoms with E-state index in [1.807, 2.05) is 0 Å². The average molecular weight is 214 g/mol. The summed E-state index contributed by atoms with van der Waals surface area (Å²) in [6.45, 7) is 0.649. The zero-order chi connectivity index (χ0) is 10.9. The van der Waals surface area contributed by atoms with Crippen LogP contribution in [0.2, 0.25) is 0 Å². The lowest BCUT2D eigenvalue weighted by atomic mass is 9.93. The van der Waals surface area contributed by atoms with Crippen molar-refractivity contribution >= 4 is 0 Å². The molecule has 0 radical (unpaired) electrons. The first-order valence-corrected chi connectivity index (χ1v) is 4.84. The highest BCUT2D eigenvalue weighted by Gasteiger charge is 2.33. The first-order valence-electron chi connectivity index (χ1n) is 4.84. The SMILES string of the molecule is OC1(Cc2cccc(F)c2F)CCOC1. The van der Waals surface area contributed by atoms with E-state index in [4.69, 9.17) is 4.74 Å². The molecular formula is C11H12F2O2. The van der Waals surface area contributed by atoms with Crippen molar-refractivity contribution in [2.75, 3.05) is 13.2 Å². The van der Waals surface area contributed by atoms with Gasteiger partial charge < -0.3 is 9.84 Å². The highest BCUT2D eigenvalue weighted by atomic mass is 19.2. The van der Waals surface area contributed by atoms with Crippen LogP contribution in [0, 0.1) is 11.6 Å². The molecule has 1 fully saturated rings. The Bertz CT molecular complexity index is 360. The molecule has 1 aromatic rings. The van der Waals surface area contributed by atoms with E-state index in [-0.39, 0.29) is 18.6 Å². The van der Waals surface area contributed by atoms with Gasteiger partial charge in [-0.3, -0.25) is 0 Å². The third kappa shape index (κ3) is 2.16. The maximum atomic E-state index is 13.3. The number of hydrogen-bond donors (Lipinski definition) is 1. The largest absolute Gasteiger partial charge is 0.387 e. The molecule has 0 amide bonds. The predicted octanol–water partition coefficient (Wildman–Crippen LogP) is 1.66. The zero-order valence-corrected chi connectivity index (χ0v) is 8.17. The Kier molecular flexibility index (Phi) is 2.71. The van der Waals surface area contributed by atoms with Gasteiger partial charge in [-0.1, -0.05) is 12.1 Å². The molecule has 1 aliphatic heterocycles. The summed E-state index contributed by atoms with van der Waals surface area (Å²) in [6, 6.07) is 3.98. The number of ether oxygens (including phenoxy) is 1. The van der Waals surface area contributed by atoms with Crippen molar-refractivity contribution in [1.29, 1.82) is 0 Å². The molecule has 1 atom stereocenters. The summed E-state index contributed by atoms with van der Waals surface area (Å²) in [4.78, 5) is 0. The molecule has 2 nitrogen and oxygen atoms in total. The maximum absolute atomic E-state index is 13.3. The fourth-order valence-electron chi connectivity index (χ4n) is 1.78. The van der Waals surface area contributed by atoms with Gasteiger partial charge in [0.05, 0.1) is 12.2 Å². The van der Waals surface area contributed by atoms with Crippen molar-refractivity contribution in [1.82, 2.24) is 0 Å². The lowest BCUT2D eigenvalue weighted by Gasteiger charge is -2.20. The summed E-state index contributed by atoms with van der Waals surface area (Å²) >= 11 is 0. The second kappa shape index (κ2) is 3.87. The van der Waals surface area contributed by atoms with Gasteiger partial charge in [0.15, 0.2) is 11.6 Å². The van der Waals surface area contributed by atoms with E-state index in [0.717, 1.165) is 6.07 Å². The van der Waals surface area contributed by atoms with Gasteiger partial charge in [-0.15, -0.1) is 0 Å². The van der Waals surface area contributed by atoms with Crippen molar-refractivity contribution in [3.8, 4) is 0 Å². The maximum Gasteiger partial charge on any atom is 0.162 e. The lowest BCUT2D eigenvalue weighted by molar-refractivity contribution is 0.0263. The zero-order valence-electron chi connectivity index (χ0n) is 8.17. The van der Waals surface area contributed by atoms with Crippen LogP contribution in [0.5, 0.6) is 0 Å². The fraction of sp³-hybridized carbons (Fsp3) is 0.455. The monoisotopic (exact) mass is 214 g/mol. The minimum atomic E-state index is -1.05. The second-order valence-corrected chi connectivity index (χ2v) is 3.92. The van der Waals surface area contributed by atoms with Crippen LogP contribution in [0.25, 0.3) is 0 Å². The molecule has 0 saturated carbocycles. The average Bonchev–Trinajstić information content (AvgIpc) is 2.60. The van der Waals surface area contributed by atoms with Crippen LogP contribution in [-0.4, -0.2) is 23.9 Å². The molecule has 0 bridgehead atoms. The molecule has 1 saturated heterocycles. The van der Waals surface area contributed by atoms with Crippen molar-refractivity contribution in [2.24, 2.45) is 0 Å². The van der Waals surface area contributed by atoms with E-state index in [9.17, 15) is 13.9 Å². The Morgan fingerprint density at radius 3 is 2.87 bits per heavy atom.